The maximum atomic E-state index is 11.8. The van der Waals surface area contributed by atoms with Gasteiger partial charge in [0, 0.05) is 0 Å². The van der Waals surface area contributed by atoms with Gasteiger partial charge in [0.1, 0.15) is 0 Å². The first-order chi connectivity index (χ1) is 4.93. The van der Waals surface area contributed by atoms with Crippen LogP contribution in [0.5, 0.6) is 0 Å². The molecule has 0 aliphatic rings. The van der Waals surface area contributed by atoms with E-state index >= 15 is 0 Å². The van der Waals surface area contributed by atoms with Gasteiger partial charge in [-0.3, -0.25) is 0 Å². The molecule has 7 heteroatoms. The summed E-state index contributed by atoms with van der Waals surface area (Å²) < 4.78 is 35.1. The van der Waals surface area contributed by atoms with E-state index in [9.17, 15) is 13.2 Å². The first kappa shape index (κ1) is 8.19. The summed E-state index contributed by atoms with van der Waals surface area (Å²) in [5, 5.41) is 8.10. The number of aromatic nitrogens is 2. The second-order valence-electron chi connectivity index (χ2n) is 1.71. The molecule has 1 rings (SSSR count). The zero-order chi connectivity index (χ0) is 8.65. The number of nitrogens with zero attached hydrogens (tertiary/aromatic N) is 2. The zero-order valence-corrected chi connectivity index (χ0v) is 5.69. The molecule has 0 unspecified atom stereocenters. The van der Waals surface area contributed by atoms with Crippen LogP contribution >= 0.6 is 11.6 Å². The lowest BCUT2D eigenvalue weighted by atomic mass is 10.6. The van der Waals surface area contributed by atoms with Crippen LogP contribution in [0.2, 0.25) is 5.15 Å². The molecule has 1 N–H and O–H groups in total. The van der Waals surface area contributed by atoms with E-state index in [-0.39, 0.29) is 4.73 Å². The van der Waals surface area contributed by atoms with Crippen molar-refractivity contribution >= 4 is 11.6 Å². The van der Waals surface area contributed by atoms with Crippen molar-refractivity contribution in [1.29, 1.82) is 0 Å². The van der Waals surface area contributed by atoms with Crippen molar-refractivity contribution in [1.82, 2.24) is 9.71 Å². The van der Waals surface area contributed by atoms with E-state index < -0.39 is 17.2 Å². The van der Waals surface area contributed by atoms with E-state index in [1.54, 1.807) is 0 Å². The van der Waals surface area contributed by atoms with Gasteiger partial charge in [0.25, 0.3) is 5.82 Å². The van der Waals surface area contributed by atoms with Crippen LogP contribution < -0.4 is 0 Å². The Labute approximate surface area is 64.0 Å². The Morgan fingerprint density at radius 1 is 1.55 bits per heavy atom. The Morgan fingerprint density at radius 3 is 2.27 bits per heavy atom. The smallest absolute Gasteiger partial charge is 0.425 e. The molecule has 0 aliphatic carbocycles. The predicted octanol–water partition coefficient (Wildman–Crippen LogP) is 1.79. The van der Waals surface area contributed by atoms with Gasteiger partial charge in [-0.1, -0.05) is 11.6 Å². The summed E-state index contributed by atoms with van der Waals surface area (Å²) in [6.45, 7) is 0. The summed E-state index contributed by atoms with van der Waals surface area (Å²) in [4.78, 5) is 2.84. The van der Waals surface area contributed by atoms with E-state index in [2.05, 4.69) is 4.98 Å². The second-order valence-corrected chi connectivity index (χ2v) is 2.10. The van der Waals surface area contributed by atoms with Crippen LogP contribution in [0.25, 0.3) is 0 Å². The van der Waals surface area contributed by atoms with Crippen molar-refractivity contribution in [2.75, 3.05) is 0 Å². The van der Waals surface area contributed by atoms with E-state index in [0.29, 0.717) is 6.20 Å². The molecule has 11 heavy (non-hydrogen) atoms. The largest absolute Gasteiger partial charge is 0.453 e. The van der Waals surface area contributed by atoms with Gasteiger partial charge in [-0.05, 0) is 0 Å². The molecule has 0 bridgehead atoms. The molecule has 0 saturated carbocycles. The molecular formula is C4H2ClF3N2O. The minimum absolute atomic E-state index is 0.221. The third-order valence-electron chi connectivity index (χ3n) is 0.950. The predicted molar refractivity (Wildman–Crippen MR) is 29.4 cm³/mol. The molecule has 0 aliphatic heterocycles. The summed E-state index contributed by atoms with van der Waals surface area (Å²) in [5.74, 6) is -1.43. The number of imidazole rings is 1. The Kier molecular flexibility index (Phi) is 1.71. The van der Waals surface area contributed by atoms with Gasteiger partial charge in [-0.25, -0.2) is 4.98 Å². The minimum atomic E-state index is -4.68. The first-order valence-electron chi connectivity index (χ1n) is 2.42. The molecule has 0 fully saturated rings. The average molecular weight is 187 g/mol. The van der Waals surface area contributed by atoms with Crippen molar-refractivity contribution in [2.45, 2.75) is 6.18 Å². The van der Waals surface area contributed by atoms with Crippen molar-refractivity contribution in [2.24, 2.45) is 0 Å². The lowest BCUT2D eigenvalue weighted by Crippen LogP contribution is -2.13. The molecule has 1 heterocycles. The summed E-state index contributed by atoms with van der Waals surface area (Å²) in [6.07, 6.45) is -3.97. The number of halogens is 4. The molecule has 1 aromatic heterocycles. The highest BCUT2D eigenvalue weighted by molar-refractivity contribution is 6.29. The molecule has 0 saturated heterocycles. The van der Waals surface area contributed by atoms with E-state index in [0.717, 1.165) is 0 Å². The van der Waals surface area contributed by atoms with Gasteiger partial charge < -0.3 is 5.21 Å². The van der Waals surface area contributed by atoms with Crippen LogP contribution in [-0.4, -0.2) is 14.9 Å². The summed E-state index contributed by atoms with van der Waals surface area (Å²) in [7, 11) is 0. The summed E-state index contributed by atoms with van der Waals surface area (Å²) in [6, 6.07) is 0. The summed E-state index contributed by atoms with van der Waals surface area (Å²) >= 11 is 5.09. The number of rotatable bonds is 0. The average Bonchev–Trinajstić information content (AvgIpc) is 2.11. The quantitative estimate of drug-likeness (QED) is 0.628. The monoisotopic (exact) mass is 186 g/mol. The maximum absolute atomic E-state index is 11.8. The van der Waals surface area contributed by atoms with Crippen LogP contribution in [0, 0.1) is 0 Å². The Balaban J connectivity index is 3.15. The lowest BCUT2D eigenvalue weighted by Gasteiger charge is -2.03. The van der Waals surface area contributed by atoms with E-state index in [1.165, 1.54) is 0 Å². The molecule has 0 atom stereocenters. The van der Waals surface area contributed by atoms with Gasteiger partial charge in [-0.2, -0.15) is 17.9 Å². The summed E-state index contributed by atoms with van der Waals surface area (Å²) in [5.41, 5.74) is 0. The normalized spacial score (nSPS) is 12.0. The molecule has 0 aromatic carbocycles. The van der Waals surface area contributed by atoms with Crippen LogP contribution in [0.4, 0.5) is 13.2 Å². The highest BCUT2D eigenvalue weighted by Gasteiger charge is 2.37. The molecule has 62 valence electrons. The van der Waals surface area contributed by atoms with Crippen molar-refractivity contribution in [3.63, 3.8) is 0 Å². The minimum Gasteiger partial charge on any atom is -0.425 e. The number of alkyl halides is 3. The van der Waals surface area contributed by atoms with Crippen LogP contribution in [0.3, 0.4) is 0 Å². The fourth-order valence-corrected chi connectivity index (χ4v) is 0.647. The topological polar surface area (TPSA) is 38.0 Å². The third-order valence-corrected chi connectivity index (χ3v) is 1.21. The molecular weight excluding hydrogens is 185 g/mol. The third kappa shape index (κ3) is 1.40. The van der Waals surface area contributed by atoms with Crippen LogP contribution in [0.15, 0.2) is 6.20 Å². The van der Waals surface area contributed by atoms with Crippen molar-refractivity contribution in [3.8, 4) is 0 Å². The molecule has 0 radical (unpaired) electrons. The molecule has 1 aromatic rings. The SMILES string of the molecule is On1c(Cl)cnc1C(F)(F)F. The molecule has 0 spiro atoms. The van der Waals surface area contributed by atoms with Gasteiger partial charge in [-0.15, -0.1) is 0 Å². The zero-order valence-electron chi connectivity index (χ0n) is 4.93. The van der Waals surface area contributed by atoms with Crippen molar-refractivity contribution < 1.29 is 18.4 Å². The van der Waals surface area contributed by atoms with Crippen LogP contribution in [0.1, 0.15) is 5.82 Å². The highest BCUT2D eigenvalue weighted by Crippen LogP contribution is 2.28. The Hall–Kier alpha value is -0.910. The van der Waals surface area contributed by atoms with Crippen molar-refractivity contribution in [3.05, 3.63) is 17.2 Å². The fraction of sp³-hybridized carbons (Fsp3) is 0.250. The first-order valence-corrected chi connectivity index (χ1v) is 2.80. The standard InChI is InChI=1S/C4H2ClF3N2O/c5-2-1-9-3(10(2)11)4(6,7)8/h1,11H. The molecule has 0 amide bonds. The maximum Gasteiger partial charge on any atom is 0.453 e. The lowest BCUT2D eigenvalue weighted by molar-refractivity contribution is -0.154. The highest BCUT2D eigenvalue weighted by atomic mass is 35.5. The Morgan fingerprint density at radius 2 is 2.09 bits per heavy atom. The molecule has 3 nitrogen and oxygen atoms in total. The number of hydrogen-bond acceptors (Lipinski definition) is 2. The van der Waals surface area contributed by atoms with Gasteiger partial charge >= 0.3 is 6.18 Å². The Bertz CT molecular complexity index is 269. The fourth-order valence-electron chi connectivity index (χ4n) is 0.518. The van der Waals surface area contributed by atoms with E-state index in [1.807, 2.05) is 0 Å². The van der Waals surface area contributed by atoms with Crippen LogP contribution in [-0.2, 0) is 6.18 Å². The van der Waals surface area contributed by atoms with E-state index in [4.69, 9.17) is 16.8 Å². The van der Waals surface area contributed by atoms with Gasteiger partial charge in [0.2, 0.25) is 0 Å². The van der Waals surface area contributed by atoms with Gasteiger partial charge in [0.15, 0.2) is 5.15 Å². The number of hydrogen-bond donors (Lipinski definition) is 1. The van der Waals surface area contributed by atoms with Gasteiger partial charge in [0.05, 0.1) is 6.20 Å². The second kappa shape index (κ2) is 2.30.